The SMILES string of the molecule is C#N.CCCCCCCCn1cccc1CC. The predicted molar refractivity (Wildman–Crippen MR) is 73.9 cm³/mol. The average molecular weight is 234 g/mol. The topological polar surface area (TPSA) is 28.7 Å². The largest absolute Gasteiger partial charge is 0.351 e. The number of nitriles is 1. The van der Waals surface area contributed by atoms with Crippen LogP contribution < -0.4 is 0 Å². The fraction of sp³-hybridized carbons (Fsp3) is 0.667. The Hall–Kier alpha value is -1.23. The van der Waals surface area contributed by atoms with E-state index in [1.165, 1.54) is 50.8 Å². The van der Waals surface area contributed by atoms with Crippen molar-refractivity contribution in [1.82, 2.24) is 4.57 Å². The quantitative estimate of drug-likeness (QED) is 0.606. The minimum absolute atomic E-state index is 1.16. The Morgan fingerprint density at radius 1 is 1.06 bits per heavy atom. The molecule has 2 heteroatoms. The first-order chi connectivity index (χ1) is 8.38. The molecule has 0 aliphatic heterocycles. The summed E-state index contributed by atoms with van der Waals surface area (Å²) in [5.41, 5.74) is 1.48. The van der Waals surface area contributed by atoms with E-state index >= 15 is 0 Å². The summed E-state index contributed by atoms with van der Waals surface area (Å²) in [7, 11) is 0. The Labute approximate surface area is 106 Å². The lowest BCUT2D eigenvalue weighted by Gasteiger charge is -2.07. The molecule has 2 nitrogen and oxygen atoms in total. The van der Waals surface area contributed by atoms with E-state index in [0.29, 0.717) is 0 Å². The number of aryl methyl sites for hydroxylation is 2. The van der Waals surface area contributed by atoms with Crippen LogP contribution in [0.1, 0.15) is 58.1 Å². The fourth-order valence-corrected chi connectivity index (χ4v) is 2.05. The number of hydrogen-bond donors (Lipinski definition) is 0. The van der Waals surface area contributed by atoms with E-state index in [-0.39, 0.29) is 0 Å². The molecule has 17 heavy (non-hydrogen) atoms. The summed E-state index contributed by atoms with van der Waals surface area (Å²) in [6, 6.07) is 4.40. The molecule has 0 saturated heterocycles. The van der Waals surface area contributed by atoms with Gasteiger partial charge in [-0.15, -0.1) is 0 Å². The Balaban J connectivity index is 0.00000121. The van der Waals surface area contributed by atoms with Gasteiger partial charge in [-0.3, -0.25) is 0 Å². The predicted octanol–water partition coefficient (Wildman–Crippen LogP) is 4.55. The van der Waals surface area contributed by atoms with Crippen molar-refractivity contribution < 1.29 is 0 Å². The van der Waals surface area contributed by atoms with Crippen LogP contribution in [0.25, 0.3) is 0 Å². The molecule has 0 spiro atoms. The zero-order chi connectivity index (χ0) is 12.9. The Morgan fingerprint density at radius 3 is 2.35 bits per heavy atom. The van der Waals surface area contributed by atoms with Crippen molar-refractivity contribution in [3.05, 3.63) is 24.0 Å². The third-order valence-electron chi connectivity index (χ3n) is 3.04. The molecule has 0 radical (unpaired) electrons. The highest BCUT2D eigenvalue weighted by atomic mass is 15.0. The molecule has 0 unspecified atom stereocenters. The standard InChI is InChI=1S/C14H25N.CHN/c1-3-5-6-7-8-9-12-15-13-10-11-14(15)4-2;1-2/h10-11,13H,3-9,12H2,1-2H3;1H. The molecular formula is C15H26N2. The van der Waals surface area contributed by atoms with E-state index in [1.807, 2.05) is 0 Å². The van der Waals surface area contributed by atoms with Crippen LogP contribution in [0.15, 0.2) is 18.3 Å². The van der Waals surface area contributed by atoms with Crippen LogP contribution >= 0.6 is 0 Å². The van der Waals surface area contributed by atoms with Crippen LogP contribution in [0.3, 0.4) is 0 Å². The molecule has 0 saturated carbocycles. The average Bonchev–Trinajstić information content (AvgIpc) is 2.83. The molecule has 0 aromatic carbocycles. The van der Waals surface area contributed by atoms with Gasteiger partial charge in [0.2, 0.25) is 0 Å². The maximum atomic E-state index is 6.50. The lowest BCUT2D eigenvalue weighted by atomic mass is 10.1. The molecule has 1 heterocycles. The van der Waals surface area contributed by atoms with Crippen molar-refractivity contribution >= 4 is 0 Å². The molecule has 0 aliphatic rings. The Bertz CT molecular complexity index is 286. The van der Waals surface area contributed by atoms with Gasteiger partial charge in [-0.1, -0.05) is 46.0 Å². The molecule has 0 atom stereocenters. The first-order valence-electron chi connectivity index (χ1n) is 6.78. The molecule has 1 aromatic heterocycles. The third kappa shape index (κ3) is 6.84. The van der Waals surface area contributed by atoms with Gasteiger partial charge in [-0.05, 0) is 25.0 Å². The third-order valence-corrected chi connectivity index (χ3v) is 3.04. The summed E-state index contributed by atoms with van der Waals surface area (Å²) in [5.74, 6) is 0. The normalized spacial score (nSPS) is 9.65. The highest BCUT2D eigenvalue weighted by Gasteiger charge is 1.97. The van der Waals surface area contributed by atoms with Gasteiger partial charge >= 0.3 is 0 Å². The Morgan fingerprint density at radius 2 is 1.71 bits per heavy atom. The molecule has 0 N–H and O–H groups in total. The van der Waals surface area contributed by atoms with Gasteiger partial charge in [-0.2, -0.15) is 0 Å². The first-order valence-corrected chi connectivity index (χ1v) is 6.78. The van der Waals surface area contributed by atoms with Gasteiger partial charge in [0, 0.05) is 25.0 Å². The van der Waals surface area contributed by atoms with Crippen LogP contribution in [0, 0.1) is 11.8 Å². The minimum atomic E-state index is 1.16. The zero-order valence-corrected chi connectivity index (χ0v) is 11.4. The van der Waals surface area contributed by atoms with Crippen molar-refractivity contribution in [2.75, 3.05) is 0 Å². The summed E-state index contributed by atoms with van der Waals surface area (Å²) in [5, 5.41) is 6.50. The smallest absolute Gasteiger partial charge is 0.0462 e. The number of nitrogens with zero attached hydrogens (tertiary/aromatic N) is 2. The molecule has 96 valence electrons. The van der Waals surface area contributed by atoms with Gasteiger partial charge in [0.1, 0.15) is 0 Å². The van der Waals surface area contributed by atoms with Gasteiger partial charge in [-0.25, -0.2) is 5.26 Å². The van der Waals surface area contributed by atoms with Gasteiger partial charge in [0.15, 0.2) is 0 Å². The van der Waals surface area contributed by atoms with Crippen molar-refractivity contribution in [3.8, 4) is 6.57 Å². The molecule has 0 bridgehead atoms. The Kier molecular flexibility index (Phi) is 10.4. The van der Waals surface area contributed by atoms with Crippen LogP contribution in [-0.4, -0.2) is 4.57 Å². The number of aromatic nitrogens is 1. The van der Waals surface area contributed by atoms with Gasteiger partial charge < -0.3 is 4.57 Å². The van der Waals surface area contributed by atoms with E-state index < -0.39 is 0 Å². The summed E-state index contributed by atoms with van der Waals surface area (Å²) < 4.78 is 2.40. The summed E-state index contributed by atoms with van der Waals surface area (Å²) >= 11 is 0. The monoisotopic (exact) mass is 234 g/mol. The molecule has 0 aliphatic carbocycles. The highest BCUT2D eigenvalue weighted by Crippen LogP contribution is 2.09. The number of unbranched alkanes of at least 4 members (excludes halogenated alkanes) is 5. The lowest BCUT2D eigenvalue weighted by molar-refractivity contribution is 0.550. The zero-order valence-electron chi connectivity index (χ0n) is 11.4. The van der Waals surface area contributed by atoms with Gasteiger partial charge in [0.05, 0.1) is 0 Å². The lowest BCUT2D eigenvalue weighted by Crippen LogP contribution is -2.00. The van der Waals surface area contributed by atoms with Crippen LogP contribution in [0.5, 0.6) is 0 Å². The number of rotatable bonds is 8. The van der Waals surface area contributed by atoms with E-state index in [9.17, 15) is 0 Å². The maximum Gasteiger partial charge on any atom is 0.0462 e. The number of hydrogen-bond acceptors (Lipinski definition) is 1. The maximum absolute atomic E-state index is 6.50. The summed E-state index contributed by atoms with van der Waals surface area (Å²) in [4.78, 5) is 0. The van der Waals surface area contributed by atoms with Crippen LogP contribution in [0.2, 0.25) is 0 Å². The van der Waals surface area contributed by atoms with E-state index in [2.05, 4.69) is 43.3 Å². The molecule has 1 rings (SSSR count). The second-order valence-corrected chi connectivity index (χ2v) is 4.31. The summed E-state index contributed by atoms with van der Waals surface area (Å²) in [6.45, 7) is 9.21. The van der Waals surface area contributed by atoms with Crippen LogP contribution in [-0.2, 0) is 13.0 Å². The molecular weight excluding hydrogens is 208 g/mol. The fourth-order valence-electron chi connectivity index (χ4n) is 2.05. The first kappa shape index (κ1) is 15.8. The van der Waals surface area contributed by atoms with E-state index in [1.54, 1.807) is 0 Å². The molecule has 1 aromatic rings. The highest BCUT2D eigenvalue weighted by molar-refractivity contribution is 5.06. The molecule has 0 fully saturated rings. The molecule has 0 amide bonds. The van der Waals surface area contributed by atoms with E-state index in [0.717, 1.165) is 6.42 Å². The van der Waals surface area contributed by atoms with Gasteiger partial charge in [0.25, 0.3) is 0 Å². The second kappa shape index (κ2) is 11.3. The van der Waals surface area contributed by atoms with Crippen molar-refractivity contribution in [2.45, 2.75) is 65.3 Å². The summed E-state index contributed by atoms with van der Waals surface area (Å²) in [6.07, 6.45) is 11.7. The van der Waals surface area contributed by atoms with Crippen molar-refractivity contribution in [1.29, 1.82) is 5.26 Å². The minimum Gasteiger partial charge on any atom is -0.351 e. The van der Waals surface area contributed by atoms with Crippen molar-refractivity contribution in [2.24, 2.45) is 0 Å². The van der Waals surface area contributed by atoms with Crippen LogP contribution in [0.4, 0.5) is 0 Å². The van der Waals surface area contributed by atoms with Crippen molar-refractivity contribution in [3.63, 3.8) is 0 Å². The van der Waals surface area contributed by atoms with E-state index in [4.69, 9.17) is 5.26 Å². The second-order valence-electron chi connectivity index (χ2n) is 4.31.